The highest BCUT2D eigenvalue weighted by atomic mass is 16.5. The molecule has 0 radical (unpaired) electrons. The third kappa shape index (κ3) is 3.12. The first-order chi connectivity index (χ1) is 9.32. The van der Waals surface area contributed by atoms with Crippen LogP contribution in [0.3, 0.4) is 0 Å². The summed E-state index contributed by atoms with van der Waals surface area (Å²) in [5.41, 5.74) is 2.16. The molecule has 0 spiro atoms. The summed E-state index contributed by atoms with van der Waals surface area (Å²) in [5, 5.41) is 19.0. The Hall–Kier alpha value is -1.57. The molecule has 1 aliphatic rings. The number of anilines is 1. The number of morpholine rings is 1. The van der Waals surface area contributed by atoms with E-state index in [4.69, 9.17) is 10.00 Å². The topological polar surface area (TPSA) is 56.5 Å². The summed E-state index contributed by atoms with van der Waals surface area (Å²) in [6.45, 7) is 9.42. The second kappa shape index (κ2) is 5.43. The number of hydrogen-bond donors (Lipinski definition) is 1. The van der Waals surface area contributed by atoms with Gasteiger partial charge >= 0.3 is 0 Å². The number of hydrogen-bond acceptors (Lipinski definition) is 4. The van der Waals surface area contributed by atoms with Gasteiger partial charge < -0.3 is 14.7 Å². The number of nitriles is 1. The average Bonchev–Trinajstić information content (AvgIpc) is 2.35. The zero-order chi connectivity index (χ0) is 14.9. The molecule has 1 saturated heterocycles. The number of aliphatic hydroxyl groups excluding tert-OH is 1. The molecule has 1 aromatic rings. The predicted octanol–water partition coefficient (Wildman–Crippen LogP) is 2.62. The van der Waals surface area contributed by atoms with Gasteiger partial charge in [0, 0.05) is 24.3 Å². The first-order valence-electron chi connectivity index (χ1n) is 6.97. The van der Waals surface area contributed by atoms with Crippen molar-refractivity contribution in [1.29, 1.82) is 5.26 Å². The molecule has 1 aliphatic heterocycles. The lowest BCUT2D eigenvalue weighted by Gasteiger charge is -2.43. The summed E-state index contributed by atoms with van der Waals surface area (Å²) in [4.78, 5) is 2.21. The average molecular weight is 274 g/mol. The van der Waals surface area contributed by atoms with Gasteiger partial charge in [-0.05, 0) is 39.8 Å². The smallest absolute Gasteiger partial charge is 0.0992 e. The molecule has 0 aromatic heterocycles. The third-order valence-electron chi connectivity index (χ3n) is 3.52. The SMILES string of the molecule is CC1CN(c2cc(C#N)ccc2C(C)O)CC(C)(C)O1. The first kappa shape index (κ1) is 14.8. The van der Waals surface area contributed by atoms with Crippen LogP contribution in [0.5, 0.6) is 0 Å². The van der Waals surface area contributed by atoms with Gasteiger partial charge in [0.25, 0.3) is 0 Å². The molecule has 0 aliphatic carbocycles. The van der Waals surface area contributed by atoms with E-state index in [9.17, 15) is 5.11 Å². The van der Waals surface area contributed by atoms with E-state index < -0.39 is 6.10 Å². The largest absolute Gasteiger partial charge is 0.389 e. The van der Waals surface area contributed by atoms with Gasteiger partial charge in [-0.15, -0.1) is 0 Å². The van der Waals surface area contributed by atoms with E-state index in [1.807, 2.05) is 19.1 Å². The maximum absolute atomic E-state index is 9.95. The summed E-state index contributed by atoms with van der Waals surface area (Å²) in [7, 11) is 0. The van der Waals surface area contributed by atoms with Crippen LogP contribution in [0.15, 0.2) is 18.2 Å². The van der Waals surface area contributed by atoms with Crippen molar-refractivity contribution in [3.63, 3.8) is 0 Å². The number of ether oxygens (including phenoxy) is 1. The van der Waals surface area contributed by atoms with Gasteiger partial charge in [-0.25, -0.2) is 0 Å². The predicted molar refractivity (Wildman–Crippen MR) is 78.6 cm³/mol. The molecule has 1 aromatic carbocycles. The Balaban J connectivity index is 2.42. The molecule has 1 heterocycles. The molecule has 4 nitrogen and oxygen atoms in total. The second-order valence-corrected chi connectivity index (χ2v) is 6.13. The van der Waals surface area contributed by atoms with Crippen LogP contribution in [0.1, 0.15) is 44.9 Å². The molecule has 0 saturated carbocycles. The Bertz CT molecular complexity index is 532. The maximum Gasteiger partial charge on any atom is 0.0992 e. The number of benzene rings is 1. The fourth-order valence-corrected chi connectivity index (χ4v) is 2.88. The van der Waals surface area contributed by atoms with Gasteiger partial charge in [-0.1, -0.05) is 6.07 Å². The van der Waals surface area contributed by atoms with Crippen molar-refractivity contribution in [1.82, 2.24) is 0 Å². The minimum Gasteiger partial charge on any atom is -0.389 e. The number of nitrogens with zero attached hydrogens (tertiary/aromatic N) is 2. The van der Waals surface area contributed by atoms with Crippen LogP contribution in [0.25, 0.3) is 0 Å². The molecular formula is C16H22N2O2. The van der Waals surface area contributed by atoms with Gasteiger partial charge in [0.1, 0.15) is 0 Å². The van der Waals surface area contributed by atoms with Crippen molar-refractivity contribution in [2.24, 2.45) is 0 Å². The van der Waals surface area contributed by atoms with E-state index in [0.29, 0.717) is 5.56 Å². The summed E-state index contributed by atoms with van der Waals surface area (Å²) in [6.07, 6.45) is -0.439. The highest BCUT2D eigenvalue weighted by molar-refractivity contribution is 5.59. The van der Waals surface area contributed by atoms with Crippen molar-refractivity contribution in [3.8, 4) is 6.07 Å². The summed E-state index contributed by atoms with van der Waals surface area (Å²) in [5.74, 6) is 0. The van der Waals surface area contributed by atoms with Crippen LogP contribution in [0, 0.1) is 11.3 Å². The van der Waals surface area contributed by atoms with Crippen LogP contribution >= 0.6 is 0 Å². The molecule has 1 fully saturated rings. The molecule has 108 valence electrons. The van der Waals surface area contributed by atoms with Crippen LogP contribution in [0.4, 0.5) is 5.69 Å². The first-order valence-corrected chi connectivity index (χ1v) is 6.97. The van der Waals surface area contributed by atoms with Crippen molar-refractivity contribution in [2.45, 2.75) is 45.5 Å². The van der Waals surface area contributed by atoms with Gasteiger partial charge in [0.05, 0.1) is 29.4 Å². The number of aliphatic hydroxyl groups is 1. The molecule has 20 heavy (non-hydrogen) atoms. The third-order valence-corrected chi connectivity index (χ3v) is 3.52. The van der Waals surface area contributed by atoms with Gasteiger partial charge in [-0.2, -0.15) is 5.26 Å². The lowest BCUT2D eigenvalue weighted by molar-refractivity contribution is -0.0750. The summed E-state index contributed by atoms with van der Waals surface area (Å²) >= 11 is 0. The Labute approximate surface area is 120 Å². The minimum absolute atomic E-state index is 0.117. The zero-order valence-corrected chi connectivity index (χ0v) is 12.6. The maximum atomic E-state index is 9.95. The molecule has 0 amide bonds. The van der Waals surface area contributed by atoms with E-state index in [1.165, 1.54) is 0 Å². The van der Waals surface area contributed by atoms with Crippen molar-refractivity contribution in [2.75, 3.05) is 18.0 Å². The molecule has 2 rings (SSSR count). The Morgan fingerprint density at radius 3 is 2.75 bits per heavy atom. The van der Waals surface area contributed by atoms with E-state index in [-0.39, 0.29) is 11.7 Å². The molecule has 1 N–H and O–H groups in total. The van der Waals surface area contributed by atoms with E-state index in [1.54, 1.807) is 13.0 Å². The fourth-order valence-electron chi connectivity index (χ4n) is 2.88. The second-order valence-electron chi connectivity index (χ2n) is 6.13. The quantitative estimate of drug-likeness (QED) is 0.900. The Kier molecular flexibility index (Phi) is 4.03. The molecule has 2 unspecified atom stereocenters. The van der Waals surface area contributed by atoms with E-state index in [2.05, 4.69) is 24.8 Å². The zero-order valence-electron chi connectivity index (χ0n) is 12.6. The van der Waals surface area contributed by atoms with Gasteiger partial charge in [0.15, 0.2) is 0 Å². The number of rotatable bonds is 2. The lowest BCUT2D eigenvalue weighted by atomic mass is 10.00. The van der Waals surface area contributed by atoms with Crippen LogP contribution < -0.4 is 4.90 Å². The van der Waals surface area contributed by atoms with Gasteiger partial charge in [-0.3, -0.25) is 0 Å². The van der Waals surface area contributed by atoms with Crippen molar-refractivity contribution in [3.05, 3.63) is 29.3 Å². The normalized spacial score (nSPS) is 23.2. The Morgan fingerprint density at radius 1 is 1.50 bits per heavy atom. The van der Waals surface area contributed by atoms with Crippen molar-refractivity contribution >= 4 is 5.69 Å². The van der Waals surface area contributed by atoms with Crippen LogP contribution in [0.2, 0.25) is 0 Å². The van der Waals surface area contributed by atoms with Gasteiger partial charge in [0.2, 0.25) is 0 Å². The molecular weight excluding hydrogens is 252 g/mol. The molecule has 4 heteroatoms. The van der Waals surface area contributed by atoms with E-state index in [0.717, 1.165) is 24.3 Å². The highest BCUT2D eigenvalue weighted by Crippen LogP contribution is 2.32. The fraction of sp³-hybridized carbons (Fsp3) is 0.562. The summed E-state index contributed by atoms with van der Waals surface area (Å²) < 4.78 is 5.91. The van der Waals surface area contributed by atoms with Crippen LogP contribution in [-0.4, -0.2) is 29.9 Å². The summed E-state index contributed by atoms with van der Waals surface area (Å²) in [6, 6.07) is 7.61. The minimum atomic E-state index is -0.556. The van der Waals surface area contributed by atoms with Crippen LogP contribution in [-0.2, 0) is 4.74 Å². The van der Waals surface area contributed by atoms with Crippen molar-refractivity contribution < 1.29 is 9.84 Å². The standard InChI is InChI=1S/C16H22N2O2/c1-11-9-18(10-16(3,4)20-11)15-7-13(8-17)5-6-14(15)12(2)19/h5-7,11-12,19H,9-10H2,1-4H3. The van der Waals surface area contributed by atoms with E-state index >= 15 is 0 Å². The molecule has 2 atom stereocenters. The Morgan fingerprint density at radius 2 is 2.20 bits per heavy atom. The highest BCUT2D eigenvalue weighted by Gasteiger charge is 2.32. The monoisotopic (exact) mass is 274 g/mol. The lowest BCUT2D eigenvalue weighted by Crippen LogP contribution is -2.52. The molecule has 0 bridgehead atoms.